The number of hydrogen-bond donors (Lipinski definition) is 2. The van der Waals surface area contributed by atoms with E-state index in [0.717, 1.165) is 0 Å². The smallest absolute Gasteiger partial charge is 0.338 e. The Morgan fingerprint density at radius 1 is 1.28 bits per heavy atom. The molecule has 0 aromatic heterocycles. The van der Waals surface area contributed by atoms with Gasteiger partial charge in [0, 0.05) is 11.3 Å². The fourth-order valence-corrected chi connectivity index (χ4v) is 2.56. The van der Waals surface area contributed by atoms with Gasteiger partial charge in [-0.15, -0.1) is 0 Å². The van der Waals surface area contributed by atoms with Gasteiger partial charge in [-0.05, 0) is 32.0 Å². The Labute approximate surface area is 146 Å². The van der Waals surface area contributed by atoms with Gasteiger partial charge in [0.15, 0.2) is 0 Å². The largest absolute Gasteiger partial charge is 0.497 e. The lowest BCUT2D eigenvalue weighted by molar-refractivity contribution is -0.138. The van der Waals surface area contributed by atoms with Crippen LogP contribution >= 0.6 is 0 Å². The van der Waals surface area contributed by atoms with Crippen molar-refractivity contribution in [1.29, 1.82) is 0 Å². The summed E-state index contributed by atoms with van der Waals surface area (Å²) in [6.45, 7) is 3.65. The summed E-state index contributed by atoms with van der Waals surface area (Å²) in [7, 11) is 3.06. The van der Waals surface area contributed by atoms with Gasteiger partial charge in [-0.25, -0.2) is 9.59 Å². The number of carbonyl (C=O) groups excluding carboxylic acids is 2. The van der Waals surface area contributed by atoms with Crippen LogP contribution in [0.15, 0.2) is 41.6 Å². The Balaban J connectivity index is 2.47. The molecule has 0 bridgehead atoms. The maximum atomic E-state index is 12.6. The molecule has 0 spiro atoms. The lowest BCUT2D eigenvalue weighted by atomic mass is 9.94. The first-order valence-electron chi connectivity index (χ1n) is 7.80. The molecule has 1 atom stereocenters. The summed E-state index contributed by atoms with van der Waals surface area (Å²) in [5.41, 5.74) is 1.36. The number of esters is 1. The number of amides is 2. The Morgan fingerprint density at radius 2 is 2.04 bits per heavy atom. The predicted molar refractivity (Wildman–Crippen MR) is 92.4 cm³/mol. The van der Waals surface area contributed by atoms with Crippen molar-refractivity contribution in [3.8, 4) is 11.5 Å². The molecule has 0 saturated carbocycles. The summed E-state index contributed by atoms with van der Waals surface area (Å²) in [6.07, 6.45) is 3.52. The zero-order valence-corrected chi connectivity index (χ0v) is 14.7. The van der Waals surface area contributed by atoms with Gasteiger partial charge in [-0.1, -0.05) is 12.2 Å². The highest BCUT2D eigenvalue weighted by atomic mass is 16.5. The molecule has 7 nitrogen and oxygen atoms in total. The highest BCUT2D eigenvalue weighted by Crippen LogP contribution is 2.35. The Morgan fingerprint density at radius 3 is 2.68 bits per heavy atom. The van der Waals surface area contributed by atoms with Gasteiger partial charge in [0.25, 0.3) is 0 Å². The average Bonchev–Trinajstić information content (AvgIpc) is 2.60. The molecule has 0 aliphatic carbocycles. The molecule has 25 heavy (non-hydrogen) atoms. The van der Waals surface area contributed by atoms with Gasteiger partial charge < -0.3 is 24.8 Å². The van der Waals surface area contributed by atoms with Crippen LogP contribution < -0.4 is 20.1 Å². The number of rotatable bonds is 6. The molecule has 1 aromatic rings. The van der Waals surface area contributed by atoms with Crippen molar-refractivity contribution in [3.63, 3.8) is 0 Å². The number of carbonyl (C=O) groups is 2. The number of methoxy groups -OCH3 is 2. The average molecular weight is 346 g/mol. The first-order chi connectivity index (χ1) is 12.0. The number of urea groups is 1. The van der Waals surface area contributed by atoms with Crippen LogP contribution in [-0.2, 0) is 9.53 Å². The van der Waals surface area contributed by atoms with Crippen LogP contribution in [-0.4, -0.2) is 32.8 Å². The minimum Gasteiger partial charge on any atom is -0.497 e. The molecule has 0 saturated heterocycles. The number of benzene rings is 1. The topological polar surface area (TPSA) is 85.9 Å². The molecular formula is C18H22N2O5. The van der Waals surface area contributed by atoms with Crippen molar-refractivity contribution in [2.45, 2.75) is 19.9 Å². The van der Waals surface area contributed by atoms with Crippen molar-refractivity contribution in [1.82, 2.24) is 10.6 Å². The first kappa shape index (κ1) is 18.4. The van der Waals surface area contributed by atoms with Gasteiger partial charge >= 0.3 is 12.0 Å². The maximum Gasteiger partial charge on any atom is 0.338 e. The normalized spacial score (nSPS) is 17.1. The van der Waals surface area contributed by atoms with E-state index in [1.165, 1.54) is 7.11 Å². The van der Waals surface area contributed by atoms with E-state index in [-0.39, 0.29) is 6.61 Å². The fraction of sp³-hybridized carbons (Fsp3) is 0.333. The quantitative estimate of drug-likeness (QED) is 0.610. The molecule has 7 heteroatoms. The van der Waals surface area contributed by atoms with Gasteiger partial charge in [0.2, 0.25) is 0 Å². The van der Waals surface area contributed by atoms with Crippen molar-refractivity contribution in [2.24, 2.45) is 0 Å². The van der Waals surface area contributed by atoms with E-state index in [4.69, 9.17) is 14.2 Å². The number of nitrogens with one attached hydrogen (secondary N) is 2. The van der Waals surface area contributed by atoms with Gasteiger partial charge in [0.1, 0.15) is 18.1 Å². The third-order valence-electron chi connectivity index (χ3n) is 3.78. The van der Waals surface area contributed by atoms with E-state index in [0.29, 0.717) is 28.3 Å². The van der Waals surface area contributed by atoms with Crippen LogP contribution in [0.25, 0.3) is 0 Å². The maximum absolute atomic E-state index is 12.6. The first-order valence-corrected chi connectivity index (χ1v) is 7.80. The summed E-state index contributed by atoms with van der Waals surface area (Å²) >= 11 is 0. The summed E-state index contributed by atoms with van der Waals surface area (Å²) in [4.78, 5) is 24.5. The van der Waals surface area contributed by atoms with Crippen LogP contribution in [0.2, 0.25) is 0 Å². The lowest BCUT2D eigenvalue weighted by Crippen LogP contribution is -2.45. The van der Waals surface area contributed by atoms with Gasteiger partial charge in [0.05, 0.1) is 25.8 Å². The molecule has 1 aromatic carbocycles. The van der Waals surface area contributed by atoms with Crippen molar-refractivity contribution >= 4 is 12.0 Å². The van der Waals surface area contributed by atoms with Gasteiger partial charge in [-0.2, -0.15) is 0 Å². The van der Waals surface area contributed by atoms with Crippen LogP contribution in [0.1, 0.15) is 25.5 Å². The molecule has 134 valence electrons. The number of ether oxygens (including phenoxy) is 3. The zero-order chi connectivity index (χ0) is 18.4. The van der Waals surface area contributed by atoms with Crippen LogP contribution in [0.5, 0.6) is 11.5 Å². The summed E-state index contributed by atoms with van der Waals surface area (Å²) in [5, 5.41) is 5.35. The highest BCUT2D eigenvalue weighted by Gasteiger charge is 2.34. The molecule has 1 aliphatic rings. The van der Waals surface area contributed by atoms with Crippen molar-refractivity contribution in [3.05, 3.63) is 47.2 Å². The second-order valence-electron chi connectivity index (χ2n) is 5.35. The Hall–Kier alpha value is -2.96. The van der Waals surface area contributed by atoms with Crippen molar-refractivity contribution < 1.29 is 23.8 Å². The molecule has 1 aliphatic heterocycles. The van der Waals surface area contributed by atoms with E-state index in [2.05, 4.69) is 10.6 Å². The zero-order valence-electron chi connectivity index (χ0n) is 14.7. The van der Waals surface area contributed by atoms with Crippen LogP contribution in [0, 0.1) is 0 Å². The molecule has 0 radical (unpaired) electrons. The second kappa shape index (κ2) is 8.23. The molecule has 2 amide bonds. The highest BCUT2D eigenvalue weighted by molar-refractivity contribution is 5.95. The van der Waals surface area contributed by atoms with E-state index in [1.54, 1.807) is 44.4 Å². The summed E-state index contributed by atoms with van der Waals surface area (Å²) in [5.74, 6) is 0.598. The van der Waals surface area contributed by atoms with Gasteiger partial charge in [-0.3, -0.25) is 0 Å². The minimum absolute atomic E-state index is 0.155. The minimum atomic E-state index is -0.711. The fourth-order valence-electron chi connectivity index (χ4n) is 2.56. The van der Waals surface area contributed by atoms with E-state index in [1.807, 2.05) is 6.92 Å². The monoisotopic (exact) mass is 346 g/mol. The molecule has 2 N–H and O–H groups in total. The number of allylic oxidation sites excluding steroid dienone is 2. The van der Waals surface area contributed by atoms with E-state index >= 15 is 0 Å². The summed E-state index contributed by atoms with van der Waals surface area (Å²) in [6, 6.07) is 4.07. The standard InChI is InChI=1S/C18H22N2O5/c1-5-6-9-25-17(21)15-11(2)19-18(22)20-16(15)13-10-12(23-3)7-8-14(13)24-4/h5-8,10,16H,9H2,1-4H3,(H2,19,20,22)/b6-5-/t16-/m0/s1. The molecule has 1 heterocycles. The Kier molecular flexibility index (Phi) is 6.05. The third-order valence-corrected chi connectivity index (χ3v) is 3.78. The summed E-state index contributed by atoms with van der Waals surface area (Å²) < 4.78 is 15.9. The SMILES string of the molecule is C/C=C\COC(=O)C1=C(C)NC(=O)N[C@H]1c1cc(OC)ccc1OC. The molecule has 0 unspecified atom stereocenters. The van der Waals surface area contributed by atoms with Crippen molar-refractivity contribution in [2.75, 3.05) is 20.8 Å². The lowest BCUT2D eigenvalue weighted by Gasteiger charge is -2.29. The van der Waals surface area contributed by atoms with Crippen LogP contribution in [0.4, 0.5) is 4.79 Å². The second-order valence-corrected chi connectivity index (χ2v) is 5.35. The predicted octanol–water partition coefficient (Wildman–Crippen LogP) is 2.45. The van der Waals surface area contributed by atoms with E-state index < -0.39 is 18.0 Å². The van der Waals surface area contributed by atoms with Crippen LogP contribution in [0.3, 0.4) is 0 Å². The van der Waals surface area contributed by atoms with E-state index in [9.17, 15) is 9.59 Å². The molecule has 2 rings (SSSR count). The third kappa shape index (κ3) is 4.12. The molecular weight excluding hydrogens is 324 g/mol. The molecule has 0 fully saturated rings. The Bertz CT molecular complexity index is 724. The number of hydrogen-bond acceptors (Lipinski definition) is 5.